The molecular formula is C16H23NO3. The summed E-state index contributed by atoms with van der Waals surface area (Å²) in [6.07, 6.45) is 3.14. The first-order chi connectivity index (χ1) is 9.60. The molecule has 0 radical (unpaired) electrons. The van der Waals surface area contributed by atoms with Gasteiger partial charge in [0.2, 0.25) is 0 Å². The predicted octanol–water partition coefficient (Wildman–Crippen LogP) is 2.25. The summed E-state index contributed by atoms with van der Waals surface area (Å²) >= 11 is 0. The third kappa shape index (κ3) is 3.73. The fourth-order valence-corrected chi connectivity index (χ4v) is 2.37. The van der Waals surface area contributed by atoms with Crippen LogP contribution in [-0.2, 0) is 11.4 Å². The van der Waals surface area contributed by atoms with Gasteiger partial charge >= 0.3 is 0 Å². The van der Waals surface area contributed by atoms with E-state index in [0.29, 0.717) is 11.7 Å². The van der Waals surface area contributed by atoms with Crippen LogP contribution in [0.1, 0.15) is 38.7 Å². The van der Waals surface area contributed by atoms with Gasteiger partial charge in [-0.15, -0.1) is 0 Å². The van der Waals surface area contributed by atoms with Gasteiger partial charge in [0.25, 0.3) is 5.91 Å². The Balaban J connectivity index is 1.86. The van der Waals surface area contributed by atoms with Crippen LogP contribution in [0.4, 0.5) is 0 Å². The highest BCUT2D eigenvalue weighted by molar-refractivity contribution is 5.81. The van der Waals surface area contributed by atoms with E-state index < -0.39 is 6.10 Å². The molecule has 1 aliphatic rings. The predicted molar refractivity (Wildman–Crippen MR) is 77.4 cm³/mol. The largest absolute Gasteiger partial charge is 0.481 e. The van der Waals surface area contributed by atoms with Crippen molar-refractivity contribution in [1.82, 2.24) is 5.32 Å². The molecule has 1 amide bonds. The van der Waals surface area contributed by atoms with E-state index >= 15 is 0 Å². The summed E-state index contributed by atoms with van der Waals surface area (Å²) in [5.41, 5.74) is 0.776. The summed E-state index contributed by atoms with van der Waals surface area (Å²) in [5, 5.41) is 12.1. The van der Waals surface area contributed by atoms with Crippen molar-refractivity contribution >= 4 is 5.91 Å². The average Bonchev–Trinajstić information content (AvgIpc) is 2.36. The van der Waals surface area contributed by atoms with E-state index in [1.165, 1.54) is 19.3 Å². The van der Waals surface area contributed by atoms with Gasteiger partial charge in [-0.1, -0.05) is 18.6 Å². The van der Waals surface area contributed by atoms with Crippen molar-refractivity contribution < 1.29 is 14.6 Å². The molecule has 1 fully saturated rings. The maximum Gasteiger partial charge on any atom is 0.260 e. The lowest BCUT2D eigenvalue weighted by atomic mass is 9.80. The molecule has 2 N–H and O–H groups in total. The van der Waals surface area contributed by atoms with Gasteiger partial charge in [0.15, 0.2) is 6.10 Å². The van der Waals surface area contributed by atoms with Crippen LogP contribution >= 0.6 is 0 Å². The van der Waals surface area contributed by atoms with Crippen molar-refractivity contribution in [3.63, 3.8) is 0 Å². The first kappa shape index (κ1) is 14.9. The lowest BCUT2D eigenvalue weighted by molar-refractivity contribution is -0.128. The zero-order valence-electron chi connectivity index (χ0n) is 12.1. The second kappa shape index (κ2) is 6.75. The maximum atomic E-state index is 12.1. The standard InChI is InChI=1S/C16H23NO3/c1-11(14-6-4-7-14)17-16(19)12(2)20-15-8-3-5-13(9-15)10-18/h3,5,8-9,11-12,14,18H,4,6-7,10H2,1-2H3,(H,17,19). The summed E-state index contributed by atoms with van der Waals surface area (Å²) in [6.45, 7) is 3.77. The maximum absolute atomic E-state index is 12.1. The number of ether oxygens (including phenoxy) is 1. The number of hydrogen-bond donors (Lipinski definition) is 2. The van der Waals surface area contributed by atoms with Crippen LogP contribution in [-0.4, -0.2) is 23.2 Å². The van der Waals surface area contributed by atoms with Crippen molar-refractivity contribution in [3.05, 3.63) is 29.8 Å². The molecule has 0 bridgehead atoms. The summed E-state index contributed by atoms with van der Waals surface area (Å²) in [5.74, 6) is 1.14. The minimum atomic E-state index is -0.536. The molecule has 1 aromatic carbocycles. The molecule has 110 valence electrons. The Morgan fingerprint density at radius 1 is 1.45 bits per heavy atom. The number of carbonyl (C=O) groups excluding carboxylic acids is 1. The van der Waals surface area contributed by atoms with Crippen molar-refractivity contribution in [3.8, 4) is 5.75 Å². The van der Waals surface area contributed by atoms with Crippen molar-refractivity contribution in [2.45, 2.75) is 51.9 Å². The highest BCUT2D eigenvalue weighted by Gasteiger charge is 2.26. The summed E-state index contributed by atoms with van der Waals surface area (Å²) < 4.78 is 5.63. The molecule has 0 aliphatic heterocycles. The second-order valence-electron chi connectivity index (χ2n) is 5.55. The van der Waals surface area contributed by atoms with Gasteiger partial charge in [0, 0.05) is 6.04 Å². The molecule has 0 spiro atoms. The average molecular weight is 277 g/mol. The minimum absolute atomic E-state index is 0.0313. The van der Waals surface area contributed by atoms with E-state index in [-0.39, 0.29) is 18.6 Å². The molecule has 2 atom stereocenters. The number of rotatable bonds is 6. The molecule has 1 saturated carbocycles. The Bertz CT molecular complexity index is 457. The van der Waals surface area contributed by atoms with E-state index in [1.807, 2.05) is 12.1 Å². The Morgan fingerprint density at radius 2 is 2.20 bits per heavy atom. The summed E-state index contributed by atoms with van der Waals surface area (Å²) in [4.78, 5) is 12.1. The molecule has 2 unspecified atom stereocenters. The molecule has 4 nitrogen and oxygen atoms in total. The monoisotopic (exact) mass is 277 g/mol. The number of aliphatic hydroxyl groups excluding tert-OH is 1. The molecular weight excluding hydrogens is 254 g/mol. The third-order valence-corrected chi connectivity index (χ3v) is 3.99. The molecule has 2 rings (SSSR count). The quantitative estimate of drug-likeness (QED) is 0.838. The van der Waals surface area contributed by atoms with E-state index in [0.717, 1.165) is 5.56 Å². The van der Waals surface area contributed by atoms with Gasteiger partial charge in [-0.2, -0.15) is 0 Å². The van der Waals surface area contributed by atoms with Gasteiger partial charge < -0.3 is 15.2 Å². The molecule has 1 aromatic rings. The zero-order valence-corrected chi connectivity index (χ0v) is 12.1. The number of nitrogens with one attached hydrogen (secondary N) is 1. The Morgan fingerprint density at radius 3 is 2.80 bits per heavy atom. The number of aliphatic hydroxyl groups is 1. The summed E-state index contributed by atoms with van der Waals surface area (Å²) in [7, 11) is 0. The fraction of sp³-hybridized carbons (Fsp3) is 0.562. The first-order valence-corrected chi connectivity index (χ1v) is 7.27. The van der Waals surface area contributed by atoms with Crippen LogP contribution in [0.15, 0.2) is 24.3 Å². The van der Waals surface area contributed by atoms with E-state index in [9.17, 15) is 4.79 Å². The molecule has 0 aromatic heterocycles. The van der Waals surface area contributed by atoms with Crippen LogP contribution in [0.25, 0.3) is 0 Å². The van der Waals surface area contributed by atoms with Gasteiger partial charge in [-0.05, 0) is 50.3 Å². The van der Waals surface area contributed by atoms with Gasteiger partial charge in [-0.25, -0.2) is 0 Å². The lowest BCUT2D eigenvalue weighted by Gasteiger charge is -2.32. The smallest absolute Gasteiger partial charge is 0.260 e. The number of carbonyl (C=O) groups is 1. The summed E-state index contributed by atoms with van der Waals surface area (Å²) in [6, 6.07) is 7.38. The molecule has 20 heavy (non-hydrogen) atoms. The molecule has 1 aliphatic carbocycles. The molecule has 4 heteroatoms. The minimum Gasteiger partial charge on any atom is -0.481 e. The van der Waals surface area contributed by atoms with E-state index in [2.05, 4.69) is 12.2 Å². The highest BCUT2D eigenvalue weighted by Crippen LogP contribution is 2.29. The van der Waals surface area contributed by atoms with Crippen LogP contribution in [0.5, 0.6) is 5.75 Å². The van der Waals surface area contributed by atoms with E-state index in [1.54, 1.807) is 19.1 Å². The Hall–Kier alpha value is -1.55. The van der Waals surface area contributed by atoms with Crippen LogP contribution < -0.4 is 10.1 Å². The Kier molecular flexibility index (Phi) is 5.01. The zero-order chi connectivity index (χ0) is 14.5. The van der Waals surface area contributed by atoms with Crippen LogP contribution in [0, 0.1) is 5.92 Å². The Labute approximate surface area is 120 Å². The number of amides is 1. The third-order valence-electron chi connectivity index (χ3n) is 3.99. The van der Waals surface area contributed by atoms with Crippen LogP contribution in [0.2, 0.25) is 0 Å². The van der Waals surface area contributed by atoms with Crippen LogP contribution in [0.3, 0.4) is 0 Å². The first-order valence-electron chi connectivity index (χ1n) is 7.27. The molecule has 0 heterocycles. The van der Waals surface area contributed by atoms with Crippen molar-refractivity contribution in [1.29, 1.82) is 0 Å². The van der Waals surface area contributed by atoms with Gasteiger partial charge in [0.05, 0.1) is 6.61 Å². The number of hydrogen-bond acceptors (Lipinski definition) is 3. The van der Waals surface area contributed by atoms with Gasteiger partial charge in [-0.3, -0.25) is 4.79 Å². The number of benzene rings is 1. The normalized spacial score (nSPS) is 17.9. The fourth-order valence-electron chi connectivity index (χ4n) is 2.37. The molecule has 0 saturated heterocycles. The highest BCUT2D eigenvalue weighted by atomic mass is 16.5. The SMILES string of the molecule is CC(Oc1cccc(CO)c1)C(=O)NC(C)C1CCC1. The lowest BCUT2D eigenvalue weighted by Crippen LogP contribution is -2.45. The van der Waals surface area contributed by atoms with Crippen molar-refractivity contribution in [2.75, 3.05) is 0 Å². The van der Waals surface area contributed by atoms with E-state index in [4.69, 9.17) is 9.84 Å². The van der Waals surface area contributed by atoms with Gasteiger partial charge in [0.1, 0.15) is 5.75 Å². The van der Waals surface area contributed by atoms with Crippen molar-refractivity contribution in [2.24, 2.45) is 5.92 Å². The topological polar surface area (TPSA) is 58.6 Å². The second-order valence-corrected chi connectivity index (χ2v) is 5.55.